The maximum Gasteiger partial charge on any atom is 0.0418 e. The lowest BCUT2D eigenvalue weighted by atomic mass is 9.92. The van der Waals surface area contributed by atoms with Gasteiger partial charge in [-0.3, -0.25) is 4.90 Å². The van der Waals surface area contributed by atoms with Crippen molar-refractivity contribution in [1.82, 2.24) is 10.2 Å². The van der Waals surface area contributed by atoms with E-state index in [1.54, 1.807) is 0 Å². The van der Waals surface area contributed by atoms with Gasteiger partial charge in [0.2, 0.25) is 0 Å². The van der Waals surface area contributed by atoms with Crippen molar-refractivity contribution in [2.24, 2.45) is 0 Å². The largest absolute Gasteiger partial charge is 0.384 e. The highest BCUT2D eigenvalue weighted by atomic mass is 15.2. The zero-order valence-corrected chi connectivity index (χ0v) is 11.4. The molecule has 2 N–H and O–H groups in total. The van der Waals surface area contributed by atoms with Crippen LogP contribution in [0.2, 0.25) is 0 Å². The molecule has 0 spiro atoms. The normalized spacial score (nSPS) is 24.4. The van der Waals surface area contributed by atoms with Gasteiger partial charge in [0.05, 0.1) is 0 Å². The van der Waals surface area contributed by atoms with Crippen LogP contribution in [0, 0.1) is 13.8 Å². The molecule has 1 fully saturated rings. The molecule has 0 aliphatic carbocycles. The minimum atomic E-state index is 0.613. The standard InChI is InChI=1S/C15H23N3/c1-11-9-12(2)15-13(10-11)14(3-4-17-15)18-7-5-16-6-8-18/h9-10,14,16-17H,3-8H2,1-2H3. The molecule has 3 rings (SSSR count). The van der Waals surface area contributed by atoms with Crippen LogP contribution in [0.4, 0.5) is 5.69 Å². The van der Waals surface area contributed by atoms with Crippen LogP contribution in [-0.4, -0.2) is 37.6 Å². The van der Waals surface area contributed by atoms with E-state index in [-0.39, 0.29) is 0 Å². The summed E-state index contributed by atoms with van der Waals surface area (Å²) in [4.78, 5) is 2.65. The maximum absolute atomic E-state index is 3.58. The van der Waals surface area contributed by atoms with Crippen molar-refractivity contribution in [3.8, 4) is 0 Å². The number of hydrogen-bond acceptors (Lipinski definition) is 3. The molecule has 1 saturated heterocycles. The molecule has 3 nitrogen and oxygen atoms in total. The molecule has 2 aliphatic heterocycles. The third-order valence-electron chi connectivity index (χ3n) is 4.18. The number of fused-ring (bicyclic) bond motifs is 1. The highest BCUT2D eigenvalue weighted by molar-refractivity contribution is 5.61. The fraction of sp³-hybridized carbons (Fsp3) is 0.600. The van der Waals surface area contributed by atoms with E-state index < -0.39 is 0 Å². The minimum Gasteiger partial charge on any atom is -0.384 e. The third kappa shape index (κ3) is 2.13. The van der Waals surface area contributed by atoms with Gasteiger partial charge in [0, 0.05) is 44.5 Å². The Morgan fingerprint density at radius 2 is 1.89 bits per heavy atom. The number of nitrogens with zero attached hydrogens (tertiary/aromatic N) is 1. The number of hydrogen-bond donors (Lipinski definition) is 2. The number of rotatable bonds is 1. The molecule has 3 heteroatoms. The zero-order valence-electron chi connectivity index (χ0n) is 11.4. The lowest BCUT2D eigenvalue weighted by molar-refractivity contribution is 0.166. The van der Waals surface area contributed by atoms with Crippen molar-refractivity contribution in [2.75, 3.05) is 38.0 Å². The Morgan fingerprint density at radius 1 is 1.11 bits per heavy atom. The number of piperazine rings is 1. The number of aryl methyl sites for hydroxylation is 2. The molecule has 0 saturated carbocycles. The van der Waals surface area contributed by atoms with Crippen LogP contribution in [0.3, 0.4) is 0 Å². The van der Waals surface area contributed by atoms with Crippen molar-refractivity contribution in [2.45, 2.75) is 26.3 Å². The van der Waals surface area contributed by atoms with Gasteiger partial charge in [0.15, 0.2) is 0 Å². The van der Waals surface area contributed by atoms with Gasteiger partial charge in [-0.1, -0.05) is 17.7 Å². The monoisotopic (exact) mass is 245 g/mol. The molecular formula is C15H23N3. The third-order valence-corrected chi connectivity index (χ3v) is 4.18. The Hall–Kier alpha value is -1.06. The molecule has 0 aromatic heterocycles. The van der Waals surface area contributed by atoms with Gasteiger partial charge < -0.3 is 10.6 Å². The van der Waals surface area contributed by atoms with Crippen LogP contribution >= 0.6 is 0 Å². The number of nitrogens with one attached hydrogen (secondary N) is 2. The molecule has 1 atom stereocenters. The Morgan fingerprint density at radius 3 is 2.67 bits per heavy atom. The van der Waals surface area contributed by atoms with Crippen LogP contribution < -0.4 is 10.6 Å². The van der Waals surface area contributed by atoms with E-state index in [1.165, 1.54) is 41.9 Å². The summed E-state index contributed by atoms with van der Waals surface area (Å²) in [5, 5.41) is 7.03. The van der Waals surface area contributed by atoms with Gasteiger partial charge in [-0.05, 0) is 31.4 Å². The van der Waals surface area contributed by atoms with E-state index in [0.29, 0.717) is 6.04 Å². The molecule has 1 unspecified atom stereocenters. The number of benzene rings is 1. The second-order valence-electron chi connectivity index (χ2n) is 5.56. The van der Waals surface area contributed by atoms with Crippen LogP contribution in [-0.2, 0) is 0 Å². The first-order valence-corrected chi connectivity index (χ1v) is 7.05. The summed E-state index contributed by atoms with van der Waals surface area (Å²) in [7, 11) is 0. The molecule has 0 amide bonds. The second-order valence-corrected chi connectivity index (χ2v) is 5.56. The van der Waals surface area contributed by atoms with Crippen LogP contribution in [0.25, 0.3) is 0 Å². The predicted molar refractivity (Wildman–Crippen MR) is 76.2 cm³/mol. The molecule has 0 bridgehead atoms. The minimum absolute atomic E-state index is 0.613. The number of anilines is 1. The van der Waals surface area contributed by atoms with Crippen LogP contribution in [0.5, 0.6) is 0 Å². The van der Waals surface area contributed by atoms with Gasteiger partial charge in [-0.2, -0.15) is 0 Å². The van der Waals surface area contributed by atoms with Gasteiger partial charge in [-0.25, -0.2) is 0 Å². The van der Waals surface area contributed by atoms with E-state index >= 15 is 0 Å². The summed E-state index contributed by atoms with van der Waals surface area (Å²) < 4.78 is 0. The van der Waals surface area contributed by atoms with Crippen molar-refractivity contribution in [1.29, 1.82) is 0 Å². The first-order valence-electron chi connectivity index (χ1n) is 7.05. The smallest absolute Gasteiger partial charge is 0.0418 e. The van der Waals surface area contributed by atoms with Crippen molar-refractivity contribution in [3.05, 3.63) is 28.8 Å². The average Bonchev–Trinajstić information content (AvgIpc) is 2.39. The lowest BCUT2D eigenvalue weighted by Gasteiger charge is -2.39. The fourth-order valence-corrected chi connectivity index (χ4v) is 3.37. The van der Waals surface area contributed by atoms with E-state index in [2.05, 4.69) is 41.5 Å². The highest BCUT2D eigenvalue weighted by Crippen LogP contribution is 2.36. The maximum atomic E-state index is 3.58. The van der Waals surface area contributed by atoms with E-state index in [0.717, 1.165) is 19.6 Å². The van der Waals surface area contributed by atoms with Crippen molar-refractivity contribution in [3.63, 3.8) is 0 Å². The zero-order chi connectivity index (χ0) is 12.5. The summed E-state index contributed by atoms with van der Waals surface area (Å²) in [5.74, 6) is 0. The highest BCUT2D eigenvalue weighted by Gasteiger charge is 2.27. The van der Waals surface area contributed by atoms with Gasteiger partial charge in [-0.15, -0.1) is 0 Å². The van der Waals surface area contributed by atoms with Gasteiger partial charge in [0.1, 0.15) is 0 Å². The van der Waals surface area contributed by atoms with Gasteiger partial charge in [0.25, 0.3) is 0 Å². The average molecular weight is 245 g/mol. The summed E-state index contributed by atoms with van der Waals surface area (Å²) >= 11 is 0. The molecule has 1 aromatic rings. The topological polar surface area (TPSA) is 27.3 Å². The van der Waals surface area contributed by atoms with Crippen LogP contribution in [0.15, 0.2) is 12.1 Å². The summed E-state index contributed by atoms with van der Waals surface area (Å²) in [6.07, 6.45) is 1.23. The SMILES string of the molecule is Cc1cc(C)c2c(c1)C(N1CCNCC1)CCN2. The van der Waals surface area contributed by atoms with Crippen LogP contribution in [0.1, 0.15) is 29.2 Å². The Labute approximate surface area is 110 Å². The molecule has 98 valence electrons. The molecular weight excluding hydrogens is 222 g/mol. The molecule has 0 radical (unpaired) electrons. The molecule has 2 aliphatic rings. The van der Waals surface area contributed by atoms with E-state index in [9.17, 15) is 0 Å². The van der Waals surface area contributed by atoms with Crippen molar-refractivity contribution < 1.29 is 0 Å². The Bertz CT molecular complexity index is 436. The first kappa shape index (κ1) is 12.0. The predicted octanol–water partition coefficient (Wildman–Crippen LogP) is 2.07. The quantitative estimate of drug-likeness (QED) is 0.793. The summed E-state index contributed by atoms with van der Waals surface area (Å²) in [6, 6.07) is 5.27. The molecule has 18 heavy (non-hydrogen) atoms. The van der Waals surface area contributed by atoms with Gasteiger partial charge >= 0.3 is 0 Å². The second kappa shape index (κ2) is 4.90. The first-order chi connectivity index (χ1) is 8.75. The van der Waals surface area contributed by atoms with Crippen molar-refractivity contribution >= 4 is 5.69 Å². The Kier molecular flexibility index (Phi) is 3.27. The van der Waals surface area contributed by atoms with E-state index in [4.69, 9.17) is 0 Å². The summed E-state index contributed by atoms with van der Waals surface area (Å²) in [5.41, 5.74) is 5.68. The summed E-state index contributed by atoms with van der Waals surface area (Å²) in [6.45, 7) is 10.1. The fourth-order valence-electron chi connectivity index (χ4n) is 3.37. The lowest BCUT2D eigenvalue weighted by Crippen LogP contribution is -2.46. The van der Waals surface area contributed by atoms with E-state index in [1.807, 2.05) is 0 Å². The Balaban J connectivity index is 1.95. The molecule has 2 heterocycles. The molecule has 1 aromatic carbocycles.